The fraction of sp³-hybridized carbons (Fsp3) is 1.00. The fourth-order valence-electron chi connectivity index (χ4n) is 1.03. The molecule has 0 aromatic carbocycles. The topological polar surface area (TPSA) is 131 Å². The Kier molecular flexibility index (Phi) is 5.45. The molecule has 0 spiro atoms. The second kappa shape index (κ2) is 5.56. The van der Waals surface area contributed by atoms with Gasteiger partial charge >= 0.3 is 0 Å². The van der Waals surface area contributed by atoms with Crippen molar-refractivity contribution in [2.75, 3.05) is 33.2 Å². The quantitative estimate of drug-likeness (QED) is 0.240. The van der Waals surface area contributed by atoms with Gasteiger partial charge < -0.3 is 35.4 Å². The average molecular weight is 212 g/mol. The van der Waals surface area contributed by atoms with Crippen LogP contribution in [0.1, 0.15) is 0 Å². The first-order chi connectivity index (χ1) is 6.55. The normalized spacial score (nSPS) is 13.3. The molecule has 6 N–H and O–H groups in total. The maximum atomic E-state index is 9.61. The van der Waals surface area contributed by atoms with Crippen LogP contribution in [0.2, 0.25) is 0 Å². The zero-order valence-electron chi connectivity index (χ0n) is 7.63. The molecule has 7 heteroatoms. The SMILES string of the molecule is OCOC(CO)(CO)C(O)(CO)CO. The van der Waals surface area contributed by atoms with Gasteiger partial charge in [0, 0.05) is 0 Å². The van der Waals surface area contributed by atoms with E-state index in [4.69, 9.17) is 25.5 Å². The summed E-state index contributed by atoms with van der Waals surface area (Å²) in [7, 11) is 0. The summed E-state index contributed by atoms with van der Waals surface area (Å²) in [6.45, 7) is -4.44. The van der Waals surface area contributed by atoms with E-state index in [1.807, 2.05) is 0 Å². The Bertz CT molecular complexity index is 152. The minimum Gasteiger partial charge on any atom is -0.393 e. The number of hydrogen-bond acceptors (Lipinski definition) is 7. The van der Waals surface area contributed by atoms with Crippen LogP contribution >= 0.6 is 0 Å². The molecule has 14 heavy (non-hydrogen) atoms. The summed E-state index contributed by atoms with van der Waals surface area (Å²) in [5.41, 5.74) is -4.22. The van der Waals surface area contributed by atoms with Gasteiger partial charge in [-0.1, -0.05) is 0 Å². The molecule has 0 rings (SSSR count). The monoisotopic (exact) mass is 212 g/mol. The van der Waals surface area contributed by atoms with Gasteiger partial charge in [0.05, 0.1) is 26.4 Å². The average Bonchev–Trinajstić information content (AvgIpc) is 2.24. The van der Waals surface area contributed by atoms with E-state index in [-0.39, 0.29) is 0 Å². The van der Waals surface area contributed by atoms with Crippen LogP contribution in [0.5, 0.6) is 0 Å². The lowest BCUT2D eigenvalue weighted by Crippen LogP contribution is -2.65. The third kappa shape index (κ3) is 2.20. The molecule has 0 aliphatic rings. The van der Waals surface area contributed by atoms with Gasteiger partial charge in [0.25, 0.3) is 0 Å². The van der Waals surface area contributed by atoms with Crippen molar-refractivity contribution in [3.63, 3.8) is 0 Å². The highest BCUT2D eigenvalue weighted by Gasteiger charge is 2.50. The van der Waals surface area contributed by atoms with Gasteiger partial charge in [-0.15, -0.1) is 0 Å². The van der Waals surface area contributed by atoms with Crippen LogP contribution in [0, 0.1) is 0 Å². The molecule has 86 valence electrons. The van der Waals surface area contributed by atoms with Gasteiger partial charge in [-0.25, -0.2) is 0 Å². The molecule has 0 atom stereocenters. The molecule has 0 aromatic heterocycles. The van der Waals surface area contributed by atoms with Gasteiger partial charge in [0.2, 0.25) is 0 Å². The largest absolute Gasteiger partial charge is 0.393 e. The first kappa shape index (κ1) is 13.7. The molecule has 0 unspecified atom stereocenters. The van der Waals surface area contributed by atoms with E-state index >= 15 is 0 Å². The lowest BCUT2D eigenvalue weighted by molar-refractivity contribution is -0.262. The van der Waals surface area contributed by atoms with E-state index in [9.17, 15) is 5.11 Å². The van der Waals surface area contributed by atoms with E-state index in [0.29, 0.717) is 0 Å². The Morgan fingerprint density at radius 1 is 0.786 bits per heavy atom. The maximum absolute atomic E-state index is 9.61. The summed E-state index contributed by atoms with van der Waals surface area (Å²) >= 11 is 0. The van der Waals surface area contributed by atoms with Gasteiger partial charge in [-0.2, -0.15) is 0 Å². The van der Waals surface area contributed by atoms with Crippen molar-refractivity contribution in [2.24, 2.45) is 0 Å². The minimum absolute atomic E-state index is 0.859. The molecule has 0 aliphatic carbocycles. The van der Waals surface area contributed by atoms with E-state index in [1.54, 1.807) is 0 Å². The van der Waals surface area contributed by atoms with Crippen molar-refractivity contribution in [3.8, 4) is 0 Å². The Labute approximate surface area is 80.8 Å². The van der Waals surface area contributed by atoms with Gasteiger partial charge in [-0.05, 0) is 0 Å². The number of aliphatic hydroxyl groups excluding tert-OH is 5. The second-order valence-electron chi connectivity index (χ2n) is 2.93. The standard InChI is InChI=1S/C7H16O7/c8-1-6(13,2-9)7(3-10,4-11)14-5-12/h8-13H,1-5H2. The number of rotatable bonds is 7. The molecular formula is C7H16O7. The van der Waals surface area contributed by atoms with E-state index in [0.717, 1.165) is 0 Å². The highest BCUT2D eigenvalue weighted by atomic mass is 16.6. The van der Waals surface area contributed by atoms with Crippen LogP contribution in [0.25, 0.3) is 0 Å². The fourth-order valence-corrected chi connectivity index (χ4v) is 1.03. The van der Waals surface area contributed by atoms with Crippen molar-refractivity contribution in [1.82, 2.24) is 0 Å². The number of aliphatic hydroxyl groups is 6. The van der Waals surface area contributed by atoms with Crippen LogP contribution in [-0.4, -0.2) is 75.1 Å². The van der Waals surface area contributed by atoms with Crippen LogP contribution in [0.15, 0.2) is 0 Å². The molecule has 0 saturated carbocycles. The molecule has 0 saturated heterocycles. The van der Waals surface area contributed by atoms with Crippen molar-refractivity contribution in [1.29, 1.82) is 0 Å². The first-order valence-corrected chi connectivity index (χ1v) is 3.96. The zero-order valence-corrected chi connectivity index (χ0v) is 7.63. The Morgan fingerprint density at radius 2 is 1.21 bits per heavy atom. The van der Waals surface area contributed by atoms with Gasteiger partial charge in [0.1, 0.15) is 18.0 Å². The van der Waals surface area contributed by atoms with Crippen molar-refractivity contribution < 1.29 is 35.4 Å². The summed E-state index contributed by atoms with van der Waals surface area (Å²) in [4.78, 5) is 0. The molecule has 0 fully saturated rings. The van der Waals surface area contributed by atoms with Crippen molar-refractivity contribution >= 4 is 0 Å². The summed E-state index contributed by atoms with van der Waals surface area (Å²) in [5, 5.41) is 53.6. The predicted octanol–water partition coefficient (Wildman–Crippen LogP) is -3.61. The van der Waals surface area contributed by atoms with Crippen LogP contribution in [0.4, 0.5) is 0 Å². The molecular weight excluding hydrogens is 196 g/mol. The Morgan fingerprint density at radius 3 is 1.43 bits per heavy atom. The molecule has 0 bridgehead atoms. The molecule has 0 radical (unpaired) electrons. The first-order valence-electron chi connectivity index (χ1n) is 3.96. The van der Waals surface area contributed by atoms with Crippen LogP contribution in [0.3, 0.4) is 0 Å². The summed E-state index contributed by atoms with van der Waals surface area (Å²) in [6.07, 6.45) is 0. The lowest BCUT2D eigenvalue weighted by atomic mass is 9.85. The van der Waals surface area contributed by atoms with E-state index < -0.39 is 44.4 Å². The third-order valence-electron chi connectivity index (χ3n) is 2.22. The highest BCUT2D eigenvalue weighted by molar-refractivity contribution is 5.00. The summed E-state index contributed by atoms with van der Waals surface area (Å²) < 4.78 is 4.56. The van der Waals surface area contributed by atoms with Crippen molar-refractivity contribution in [2.45, 2.75) is 11.2 Å². The van der Waals surface area contributed by atoms with E-state index in [2.05, 4.69) is 4.74 Å². The molecule has 7 nitrogen and oxygen atoms in total. The van der Waals surface area contributed by atoms with Crippen molar-refractivity contribution in [3.05, 3.63) is 0 Å². The molecule has 0 heterocycles. The lowest BCUT2D eigenvalue weighted by Gasteiger charge is -2.41. The maximum Gasteiger partial charge on any atom is 0.150 e. The van der Waals surface area contributed by atoms with Crippen LogP contribution in [-0.2, 0) is 4.74 Å². The summed E-state index contributed by atoms with van der Waals surface area (Å²) in [5.74, 6) is 0. The van der Waals surface area contributed by atoms with E-state index in [1.165, 1.54) is 0 Å². The number of ether oxygens (including phenoxy) is 1. The highest BCUT2D eigenvalue weighted by Crippen LogP contribution is 2.25. The second-order valence-corrected chi connectivity index (χ2v) is 2.93. The molecule has 0 aromatic rings. The predicted molar refractivity (Wildman–Crippen MR) is 44.2 cm³/mol. The number of hydrogen-bond donors (Lipinski definition) is 6. The van der Waals surface area contributed by atoms with Gasteiger partial charge in [0.15, 0.2) is 0 Å². The Balaban J connectivity index is 4.92. The zero-order chi connectivity index (χ0) is 11.2. The van der Waals surface area contributed by atoms with Gasteiger partial charge in [-0.3, -0.25) is 0 Å². The molecule has 0 amide bonds. The van der Waals surface area contributed by atoms with Crippen LogP contribution < -0.4 is 0 Å². The molecule has 0 aliphatic heterocycles. The smallest absolute Gasteiger partial charge is 0.150 e. The minimum atomic E-state index is -2.22. The Hall–Kier alpha value is -0.280. The third-order valence-corrected chi connectivity index (χ3v) is 2.22. The summed E-state index contributed by atoms with van der Waals surface area (Å²) in [6, 6.07) is 0.